The molecule has 0 saturated heterocycles. The van der Waals surface area contributed by atoms with Crippen molar-refractivity contribution in [1.82, 2.24) is 4.98 Å². The number of fused-ring (bicyclic) bond motifs is 3. The van der Waals surface area contributed by atoms with Gasteiger partial charge in [0.15, 0.2) is 0 Å². The largest absolute Gasteiger partial charge is 0.324 e. The predicted octanol–water partition coefficient (Wildman–Crippen LogP) is 4.43. The Morgan fingerprint density at radius 2 is 1.74 bits per heavy atom. The zero-order chi connectivity index (χ0) is 16.0. The van der Waals surface area contributed by atoms with Gasteiger partial charge < -0.3 is 10.7 Å². The van der Waals surface area contributed by atoms with Gasteiger partial charge in [0.1, 0.15) is 4.70 Å². The number of aromatic amines is 1. The lowest BCUT2D eigenvalue weighted by atomic mass is 9.99. The fourth-order valence-electron chi connectivity index (χ4n) is 2.91. The van der Waals surface area contributed by atoms with E-state index in [2.05, 4.69) is 35.3 Å². The number of nitrogens with one attached hydrogen (secondary N) is 1. The first-order valence-electron chi connectivity index (χ1n) is 7.52. The second-order valence-electron chi connectivity index (χ2n) is 5.79. The van der Waals surface area contributed by atoms with Crippen molar-refractivity contribution in [2.45, 2.75) is 13.0 Å². The van der Waals surface area contributed by atoms with E-state index in [1.165, 1.54) is 11.3 Å². The molecule has 0 amide bonds. The van der Waals surface area contributed by atoms with Crippen LogP contribution in [0.4, 0.5) is 0 Å². The van der Waals surface area contributed by atoms with Crippen molar-refractivity contribution < 1.29 is 0 Å². The highest BCUT2D eigenvalue weighted by Crippen LogP contribution is 2.29. The van der Waals surface area contributed by atoms with Gasteiger partial charge in [0.05, 0.1) is 0 Å². The Hall–Kier alpha value is -2.43. The van der Waals surface area contributed by atoms with Crippen LogP contribution >= 0.6 is 11.3 Å². The number of hydrogen-bond acceptors (Lipinski definition) is 3. The van der Waals surface area contributed by atoms with Crippen LogP contribution in [0.1, 0.15) is 18.5 Å². The van der Waals surface area contributed by atoms with Crippen LogP contribution in [0.3, 0.4) is 0 Å². The summed E-state index contributed by atoms with van der Waals surface area (Å²) in [5.74, 6) is 0. The van der Waals surface area contributed by atoms with E-state index in [0.29, 0.717) is 0 Å². The highest BCUT2D eigenvalue weighted by molar-refractivity contribution is 7.17. The number of benzene rings is 2. The predicted molar refractivity (Wildman–Crippen MR) is 98.0 cm³/mol. The number of hydrogen-bond donors (Lipinski definition) is 2. The van der Waals surface area contributed by atoms with Gasteiger partial charge in [-0.15, -0.1) is 11.3 Å². The molecule has 1 unspecified atom stereocenters. The summed E-state index contributed by atoms with van der Waals surface area (Å²) in [5.41, 5.74) is 10.2. The molecule has 3 nitrogen and oxygen atoms in total. The molecule has 0 spiro atoms. The molecule has 0 saturated carbocycles. The van der Waals surface area contributed by atoms with Gasteiger partial charge >= 0.3 is 0 Å². The van der Waals surface area contributed by atoms with Gasteiger partial charge in [-0.25, -0.2) is 0 Å². The summed E-state index contributed by atoms with van der Waals surface area (Å²) in [6.45, 7) is 1.98. The fraction of sp³-hybridized carbons (Fsp3) is 0.105. The first kappa shape index (κ1) is 14.2. The minimum atomic E-state index is -0.0171. The smallest absolute Gasteiger partial charge is 0.266 e. The van der Waals surface area contributed by atoms with Crippen LogP contribution in [0, 0.1) is 0 Å². The normalized spacial score (nSPS) is 12.8. The lowest BCUT2D eigenvalue weighted by molar-refractivity contribution is 0.818. The molecule has 2 aromatic carbocycles. The van der Waals surface area contributed by atoms with Crippen molar-refractivity contribution in [3.8, 4) is 11.1 Å². The molecule has 0 radical (unpaired) electrons. The third-order valence-electron chi connectivity index (χ3n) is 4.20. The summed E-state index contributed by atoms with van der Waals surface area (Å²) in [6, 6.07) is 16.5. The van der Waals surface area contributed by atoms with Crippen molar-refractivity contribution in [3.05, 3.63) is 69.8 Å². The Labute approximate surface area is 137 Å². The quantitative estimate of drug-likeness (QED) is 0.574. The van der Waals surface area contributed by atoms with Crippen molar-refractivity contribution >= 4 is 32.3 Å². The van der Waals surface area contributed by atoms with Gasteiger partial charge in [-0.2, -0.15) is 0 Å². The summed E-state index contributed by atoms with van der Waals surface area (Å²) >= 11 is 1.48. The van der Waals surface area contributed by atoms with Gasteiger partial charge in [0, 0.05) is 22.3 Å². The molecular weight excluding hydrogens is 304 g/mol. The number of thiophene rings is 1. The van der Waals surface area contributed by atoms with E-state index in [1.807, 2.05) is 30.5 Å². The van der Waals surface area contributed by atoms with Crippen molar-refractivity contribution in [2.75, 3.05) is 0 Å². The van der Waals surface area contributed by atoms with E-state index in [4.69, 9.17) is 5.73 Å². The van der Waals surface area contributed by atoms with Gasteiger partial charge in [0.2, 0.25) is 0 Å². The van der Waals surface area contributed by atoms with Crippen LogP contribution < -0.4 is 11.3 Å². The molecule has 2 heterocycles. The lowest BCUT2D eigenvalue weighted by Gasteiger charge is -2.08. The number of aromatic nitrogens is 1. The zero-order valence-corrected chi connectivity index (χ0v) is 13.5. The molecule has 4 aromatic rings. The topological polar surface area (TPSA) is 58.9 Å². The number of nitrogens with two attached hydrogens (primary N) is 1. The summed E-state index contributed by atoms with van der Waals surface area (Å²) in [5, 5.41) is 4.06. The maximum absolute atomic E-state index is 12.1. The lowest BCUT2D eigenvalue weighted by Crippen LogP contribution is -2.04. The van der Waals surface area contributed by atoms with E-state index in [-0.39, 0.29) is 11.6 Å². The minimum absolute atomic E-state index is 0.0171. The Bertz CT molecular complexity index is 1060. The SMILES string of the molecule is CC(N)c1ccc(-c2ccc3[nH]c(=O)c4sccc4c3c2)cc1. The number of pyridine rings is 1. The average molecular weight is 320 g/mol. The van der Waals surface area contributed by atoms with Gasteiger partial charge in [-0.05, 0) is 47.2 Å². The molecule has 0 fully saturated rings. The molecule has 114 valence electrons. The molecule has 2 aromatic heterocycles. The molecular formula is C19H16N2OS. The molecule has 23 heavy (non-hydrogen) atoms. The average Bonchev–Trinajstić information content (AvgIpc) is 3.05. The standard InChI is InChI=1S/C19H16N2OS/c1-11(20)12-2-4-13(5-3-12)14-6-7-17-16(10-14)15-8-9-23-18(15)19(22)21-17/h2-11H,20H2,1H3,(H,21,22). The third-order valence-corrected chi connectivity index (χ3v) is 5.11. The molecule has 0 aliphatic rings. The van der Waals surface area contributed by atoms with Crippen LogP contribution in [-0.2, 0) is 0 Å². The summed E-state index contributed by atoms with van der Waals surface area (Å²) in [7, 11) is 0. The summed E-state index contributed by atoms with van der Waals surface area (Å²) in [4.78, 5) is 15.0. The third kappa shape index (κ3) is 2.36. The molecule has 3 N–H and O–H groups in total. The Balaban J connectivity index is 1.91. The van der Waals surface area contributed by atoms with Crippen molar-refractivity contribution in [2.24, 2.45) is 5.73 Å². The second-order valence-corrected chi connectivity index (χ2v) is 6.70. The summed E-state index contributed by atoms with van der Waals surface area (Å²) in [6.07, 6.45) is 0. The Morgan fingerprint density at radius 3 is 2.48 bits per heavy atom. The highest BCUT2D eigenvalue weighted by atomic mass is 32.1. The van der Waals surface area contributed by atoms with Crippen LogP contribution in [0.25, 0.3) is 32.1 Å². The molecule has 4 heteroatoms. The van der Waals surface area contributed by atoms with Crippen LogP contribution in [0.15, 0.2) is 58.7 Å². The maximum atomic E-state index is 12.1. The van der Waals surface area contributed by atoms with Crippen molar-refractivity contribution in [3.63, 3.8) is 0 Å². The Kier molecular flexibility index (Phi) is 3.29. The molecule has 0 bridgehead atoms. The van der Waals surface area contributed by atoms with Gasteiger partial charge in [0.25, 0.3) is 5.56 Å². The Morgan fingerprint density at radius 1 is 1.00 bits per heavy atom. The summed E-state index contributed by atoms with van der Waals surface area (Å²) < 4.78 is 0.780. The number of rotatable bonds is 2. The monoisotopic (exact) mass is 320 g/mol. The van der Waals surface area contributed by atoms with Gasteiger partial charge in [-0.1, -0.05) is 30.3 Å². The molecule has 0 aliphatic heterocycles. The van der Waals surface area contributed by atoms with Crippen LogP contribution in [-0.4, -0.2) is 4.98 Å². The van der Waals surface area contributed by atoms with Crippen molar-refractivity contribution in [1.29, 1.82) is 0 Å². The van der Waals surface area contributed by atoms with Gasteiger partial charge in [-0.3, -0.25) is 4.79 Å². The highest BCUT2D eigenvalue weighted by Gasteiger charge is 2.08. The minimum Gasteiger partial charge on any atom is -0.324 e. The van der Waals surface area contributed by atoms with E-state index < -0.39 is 0 Å². The first-order valence-corrected chi connectivity index (χ1v) is 8.40. The maximum Gasteiger partial charge on any atom is 0.266 e. The molecule has 4 rings (SSSR count). The number of H-pyrrole nitrogens is 1. The second kappa shape index (κ2) is 5.33. The first-order chi connectivity index (χ1) is 11.1. The van der Waals surface area contributed by atoms with E-state index in [0.717, 1.165) is 37.7 Å². The molecule has 0 aliphatic carbocycles. The van der Waals surface area contributed by atoms with E-state index in [1.54, 1.807) is 0 Å². The fourth-order valence-corrected chi connectivity index (χ4v) is 3.71. The van der Waals surface area contributed by atoms with Crippen LogP contribution in [0.2, 0.25) is 0 Å². The van der Waals surface area contributed by atoms with E-state index >= 15 is 0 Å². The van der Waals surface area contributed by atoms with E-state index in [9.17, 15) is 4.79 Å². The zero-order valence-electron chi connectivity index (χ0n) is 12.7. The van der Waals surface area contributed by atoms with Crippen LogP contribution in [0.5, 0.6) is 0 Å². The molecule has 1 atom stereocenters.